The molecule has 0 amide bonds. The van der Waals surface area contributed by atoms with Crippen LogP contribution in [-0.4, -0.2) is 21.9 Å². The van der Waals surface area contributed by atoms with Crippen molar-refractivity contribution in [1.29, 1.82) is 0 Å². The Bertz CT molecular complexity index is 317. The fourth-order valence-electron chi connectivity index (χ4n) is 0.932. The zero-order valence-corrected chi connectivity index (χ0v) is 8.30. The first-order valence-electron chi connectivity index (χ1n) is 3.95. The van der Waals surface area contributed by atoms with E-state index in [1.165, 1.54) is 19.3 Å². The van der Waals surface area contributed by atoms with Gasteiger partial charge in [0.15, 0.2) is 0 Å². The first kappa shape index (κ1) is 11.3. The first-order chi connectivity index (χ1) is 6.42. The standard InChI is InChI=1S/C8H10ClF2N3/c1-8(12,7(10)11)2-5-3-13-4-6(9)14-5/h3-4,7H,2,12H2,1H3. The van der Waals surface area contributed by atoms with Crippen molar-refractivity contribution in [2.45, 2.75) is 25.3 Å². The highest BCUT2D eigenvalue weighted by atomic mass is 35.5. The molecule has 1 heterocycles. The summed E-state index contributed by atoms with van der Waals surface area (Å²) in [6.45, 7) is 1.26. The minimum Gasteiger partial charge on any atom is -0.320 e. The van der Waals surface area contributed by atoms with E-state index >= 15 is 0 Å². The average Bonchev–Trinajstić information content (AvgIpc) is 2.02. The van der Waals surface area contributed by atoms with E-state index in [-0.39, 0.29) is 11.6 Å². The zero-order chi connectivity index (χ0) is 10.8. The molecule has 1 unspecified atom stereocenters. The van der Waals surface area contributed by atoms with E-state index in [0.717, 1.165) is 0 Å². The molecule has 0 spiro atoms. The van der Waals surface area contributed by atoms with Crippen LogP contribution in [0.2, 0.25) is 5.15 Å². The normalized spacial score (nSPS) is 15.6. The summed E-state index contributed by atoms with van der Waals surface area (Å²) in [5.74, 6) is 0. The summed E-state index contributed by atoms with van der Waals surface area (Å²) in [5.41, 5.74) is 4.15. The van der Waals surface area contributed by atoms with Crippen LogP contribution in [0, 0.1) is 0 Å². The maximum absolute atomic E-state index is 12.4. The Morgan fingerprint density at radius 1 is 1.57 bits per heavy atom. The van der Waals surface area contributed by atoms with E-state index in [0.29, 0.717) is 5.69 Å². The van der Waals surface area contributed by atoms with Gasteiger partial charge in [-0.15, -0.1) is 0 Å². The summed E-state index contributed by atoms with van der Waals surface area (Å²) in [4.78, 5) is 7.56. The molecule has 0 aromatic carbocycles. The van der Waals surface area contributed by atoms with Crippen LogP contribution in [0.4, 0.5) is 8.78 Å². The molecule has 6 heteroatoms. The Labute approximate surface area is 85.3 Å². The lowest BCUT2D eigenvalue weighted by atomic mass is 9.98. The highest BCUT2D eigenvalue weighted by Crippen LogP contribution is 2.17. The van der Waals surface area contributed by atoms with Gasteiger partial charge in [0.05, 0.1) is 17.4 Å². The van der Waals surface area contributed by atoms with Crippen LogP contribution in [0.15, 0.2) is 12.4 Å². The number of aromatic nitrogens is 2. The fourth-order valence-corrected chi connectivity index (χ4v) is 1.10. The van der Waals surface area contributed by atoms with Gasteiger partial charge in [0.2, 0.25) is 0 Å². The van der Waals surface area contributed by atoms with Crippen LogP contribution in [0.3, 0.4) is 0 Å². The van der Waals surface area contributed by atoms with E-state index in [1.54, 1.807) is 0 Å². The Hall–Kier alpha value is -0.810. The van der Waals surface area contributed by atoms with Crippen LogP contribution in [-0.2, 0) is 6.42 Å². The van der Waals surface area contributed by atoms with E-state index in [2.05, 4.69) is 9.97 Å². The minimum atomic E-state index is -2.61. The van der Waals surface area contributed by atoms with E-state index < -0.39 is 12.0 Å². The van der Waals surface area contributed by atoms with Gasteiger partial charge in [-0.2, -0.15) is 0 Å². The monoisotopic (exact) mass is 221 g/mol. The van der Waals surface area contributed by atoms with Crippen molar-refractivity contribution in [3.8, 4) is 0 Å². The van der Waals surface area contributed by atoms with E-state index in [4.69, 9.17) is 17.3 Å². The van der Waals surface area contributed by atoms with Gasteiger partial charge < -0.3 is 5.73 Å². The number of halogens is 3. The van der Waals surface area contributed by atoms with Gasteiger partial charge in [-0.1, -0.05) is 11.6 Å². The van der Waals surface area contributed by atoms with E-state index in [9.17, 15) is 8.78 Å². The Morgan fingerprint density at radius 2 is 2.21 bits per heavy atom. The second kappa shape index (κ2) is 4.14. The topological polar surface area (TPSA) is 51.8 Å². The van der Waals surface area contributed by atoms with Gasteiger partial charge in [0.1, 0.15) is 5.15 Å². The highest BCUT2D eigenvalue weighted by Gasteiger charge is 2.31. The number of rotatable bonds is 3. The molecule has 0 aliphatic heterocycles. The number of nitrogens with zero attached hydrogens (tertiary/aromatic N) is 2. The molecule has 3 nitrogen and oxygen atoms in total. The molecule has 0 saturated carbocycles. The molecular weight excluding hydrogens is 212 g/mol. The summed E-state index contributed by atoms with van der Waals surface area (Å²) in [6.07, 6.45) is 0.0436. The summed E-state index contributed by atoms with van der Waals surface area (Å²) >= 11 is 5.55. The molecule has 1 rings (SSSR count). The molecule has 78 valence electrons. The zero-order valence-electron chi connectivity index (χ0n) is 7.54. The summed E-state index contributed by atoms with van der Waals surface area (Å²) in [7, 11) is 0. The van der Waals surface area contributed by atoms with Crippen molar-refractivity contribution in [3.05, 3.63) is 23.2 Å². The van der Waals surface area contributed by atoms with Gasteiger partial charge >= 0.3 is 0 Å². The van der Waals surface area contributed by atoms with Gasteiger partial charge in [-0.3, -0.25) is 4.98 Å². The summed E-state index contributed by atoms with van der Waals surface area (Å²) in [5, 5.41) is 0.174. The number of alkyl halides is 2. The molecule has 1 aromatic heterocycles. The van der Waals surface area contributed by atoms with Crippen molar-refractivity contribution in [2.24, 2.45) is 5.73 Å². The van der Waals surface area contributed by atoms with Crippen LogP contribution >= 0.6 is 11.6 Å². The molecule has 2 N–H and O–H groups in total. The minimum absolute atomic E-state index is 0.0573. The second-order valence-corrected chi connectivity index (χ2v) is 3.70. The van der Waals surface area contributed by atoms with Crippen molar-refractivity contribution in [2.75, 3.05) is 0 Å². The molecule has 0 aliphatic carbocycles. The van der Waals surface area contributed by atoms with Crippen LogP contribution in [0.1, 0.15) is 12.6 Å². The number of hydrogen-bond acceptors (Lipinski definition) is 3. The fraction of sp³-hybridized carbons (Fsp3) is 0.500. The third kappa shape index (κ3) is 2.85. The average molecular weight is 222 g/mol. The van der Waals surface area contributed by atoms with Gasteiger partial charge in [-0.05, 0) is 6.92 Å². The molecular formula is C8H10ClF2N3. The summed E-state index contributed by atoms with van der Waals surface area (Å²) < 4.78 is 24.8. The predicted octanol–water partition coefficient (Wildman–Crippen LogP) is 1.65. The first-order valence-corrected chi connectivity index (χ1v) is 4.33. The Morgan fingerprint density at radius 3 is 2.71 bits per heavy atom. The predicted molar refractivity (Wildman–Crippen MR) is 49.3 cm³/mol. The maximum Gasteiger partial charge on any atom is 0.256 e. The highest BCUT2D eigenvalue weighted by molar-refractivity contribution is 6.29. The van der Waals surface area contributed by atoms with Crippen molar-refractivity contribution in [3.63, 3.8) is 0 Å². The molecule has 1 aromatic rings. The van der Waals surface area contributed by atoms with E-state index in [1.807, 2.05) is 0 Å². The molecule has 0 aliphatic rings. The van der Waals surface area contributed by atoms with Crippen molar-refractivity contribution < 1.29 is 8.78 Å². The van der Waals surface area contributed by atoms with Crippen LogP contribution < -0.4 is 5.73 Å². The molecule has 0 radical (unpaired) electrons. The Kier molecular flexibility index (Phi) is 3.34. The lowest BCUT2D eigenvalue weighted by Gasteiger charge is -2.22. The third-order valence-electron chi connectivity index (χ3n) is 1.72. The second-order valence-electron chi connectivity index (χ2n) is 3.32. The largest absolute Gasteiger partial charge is 0.320 e. The molecule has 1 atom stereocenters. The summed E-state index contributed by atoms with van der Waals surface area (Å²) in [6, 6.07) is 0. The third-order valence-corrected chi connectivity index (χ3v) is 1.90. The van der Waals surface area contributed by atoms with Gasteiger partial charge in [0, 0.05) is 12.6 Å². The maximum atomic E-state index is 12.4. The van der Waals surface area contributed by atoms with Gasteiger partial charge in [-0.25, -0.2) is 13.8 Å². The molecule has 0 bridgehead atoms. The number of nitrogens with two attached hydrogens (primary N) is 1. The van der Waals surface area contributed by atoms with Crippen molar-refractivity contribution >= 4 is 11.6 Å². The van der Waals surface area contributed by atoms with Crippen LogP contribution in [0.25, 0.3) is 0 Å². The molecule has 0 fully saturated rings. The molecule has 0 saturated heterocycles. The lowest BCUT2D eigenvalue weighted by molar-refractivity contribution is 0.0633. The SMILES string of the molecule is CC(N)(Cc1cncc(Cl)n1)C(F)F. The smallest absolute Gasteiger partial charge is 0.256 e. The number of hydrogen-bond donors (Lipinski definition) is 1. The lowest BCUT2D eigenvalue weighted by Crippen LogP contribution is -2.46. The molecule has 14 heavy (non-hydrogen) atoms. The Balaban J connectivity index is 2.78. The van der Waals surface area contributed by atoms with Gasteiger partial charge in [0.25, 0.3) is 6.43 Å². The quantitative estimate of drug-likeness (QED) is 0.845. The van der Waals surface area contributed by atoms with Crippen molar-refractivity contribution in [1.82, 2.24) is 9.97 Å². The van der Waals surface area contributed by atoms with Crippen LogP contribution in [0.5, 0.6) is 0 Å².